The van der Waals surface area contributed by atoms with Gasteiger partial charge >= 0.3 is 0 Å². The van der Waals surface area contributed by atoms with Crippen molar-refractivity contribution >= 4 is 16.9 Å². The molecule has 25 heavy (non-hydrogen) atoms. The van der Waals surface area contributed by atoms with Gasteiger partial charge in [-0.25, -0.2) is 0 Å². The predicted octanol–water partition coefficient (Wildman–Crippen LogP) is 3.38. The van der Waals surface area contributed by atoms with Crippen LogP contribution in [0.15, 0.2) is 45.4 Å². The molecule has 6 heteroatoms. The fraction of sp³-hybridized carbons (Fsp3) is 0.316. The molecule has 0 radical (unpaired) electrons. The van der Waals surface area contributed by atoms with Gasteiger partial charge in [0, 0.05) is 17.5 Å². The van der Waals surface area contributed by atoms with E-state index in [1.807, 2.05) is 56.3 Å². The molecule has 0 aliphatic carbocycles. The van der Waals surface area contributed by atoms with Crippen LogP contribution in [0.2, 0.25) is 0 Å². The van der Waals surface area contributed by atoms with Crippen LogP contribution >= 0.6 is 0 Å². The Morgan fingerprint density at radius 2 is 2.08 bits per heavy atom. The Morgan fingerprint density at radius 3 is 2.72 bits per heavy atom. The number of furan rings is 2. The van der Waals surface area contributed by atoms with Crippen LogP contribution < -0.4 is 10.1 Å². The minimum atomic E-state index is -0.255. The van der Waals surface area contributed by atoms with Crippen LogP contribution in [-0.2, 0) is 0 Å². The van der Waals surface area contributed by atoms with E-state index in [4.69, 9.17) is 13.6 Å². The number of amides is 1. The molecule has 132 valence electrons. The standard InChI is InChI=1S/C19H22N2O4/c1-12-13-7-5-8-16(23-4)18(13)25-17(12)19(22)20-11-14(21(2)3)15-9-6-10-24-15/h5-10,14H,11H2,1-4H3,(H,20,22)/t14-/m0/s1. The molecule has 2 aromatic heterocycles. The molecule has 0 spiro atoms. The van der Waals surface area contributed by atoms with E-state index in [-0.39, 0.29) is 11.9 Å². The molecule has 0 bridgehead atoms. The number of fused-ring (bicyclic) bond motifs is 1. The van der Waals surface area contributed by atoms with Crippen molar-refractivity contribution in [3.8, 4) is 5.75 Å². The van der Waals surface area contributed by atoms with Crippen molar-refractivity contribution in [1.82, 2.24) is 10.2 Å². The first-order valence-electron chi connectivity index (χ1n) is 8.07. The van der Waals surface area contributed by atoms with Gasteiger partial charge in [0.15, 0.2) is 17.1 Å². The number of carbonyl (C=O) groups is 1. The Bertz CT molecular complexity index is 865. The normalized spacial score (nSPS) is 12.5. The Balaban J connectivity index is 1.82. The maximum Gasteiger partial charge on any atom is 0.287 e. The molecule has 0 aliphatic heterocycles. The van der Waals surface area contributed by atoms with Crippen LogP contribution in [-0.4, -0.2) is 38.6 Å². The Morgan fingerprint density at radius 1 is 1.28 bits per heavy atom. The minimum Gasteiger partial charge on any atom is -0.493 e. The van der Waals surface area contributed by atoms with Gasteiger partial charge in [-0.1, -0.05) is 12.1 Å². The third kappa shape index (κ3) is 3.25. The second-order valence-electron chi connectivity index (χ2n) is 6.10. The van der Waals surface area contributed by atoms with Gasteiger partial charge in [-0.05, 0) is 39.2 Å². The highest BCUT2D eigenvalue weighted by atomic mass is 16.5. The second kappa shape index (κ2) is 7.03. The molecule has 3 aromatic rings. The molecule has 6 nitrogen and oxygen atoms in total. The molecule has 3 rings (SSSR count). The number of hydrogen-bond donors (Lipinski definition) is 1. The summed E-state index contributed by atoms with van der Waals surface area (Å²) in [6.07, 6.45) is 1.63. The number of hydrogen-bond acceptors (Lipinski definition) is 5. The first kappa shape index (κ1) is 17.1. The monoisotopic (exact) mass is 342 g/mol. The number of para-hydroxylation sites is 1. The van der Waals surface area contributed by atoms with E-state index in [1.54, 1.807) is 13.4 Å². The van der Waals surface area contributed by atoms with Gasteiger partial charge in [-0.2, -0.15) is 0 Å². The highest BCUT2D eigenvalue weighted by molar-refractivity contribution is 6.00. The average Bonchev–Trinajstić information content (AvgIpc) is 3.23. The number of benzene rings is 1. The molecule has 1 amide bonds. The highest BCUT2D eigenvalue weighted by Gasteiger charge is 2.22. The number of aryl methyl sites for hydroxylation is 1. The summed E-state index contributed by atoms with van der Waals surface area (Å²) in [6.45, 7) is 2.28. The lowest BCUT2D eigenvalue weighted by Gasteiger charge is -2.22. The summed E-state index contributed by atoms with van der Waals surface area (Å²) in [5, 5.41) is 3.81. The molecule has 1 N–H and O–H groups in total. The van der Waals surface area contributed by atoms with Gasteiger partial charge < -0.3 is 18.9 Å². The van der Waals surface area contributed by atoms with Crippen molar-refractivity contribution in [2.24, 2.45) is 0 Å². The zero-order chi connectivity index (χ0) is 18.0. The molecule has 0 saturated heterocycles. The molecule has 0 aliphatic rings. The largest absolute Gasteiger partial charge is 0.493 e. The summed E-state index contributed by atoms with van der Waals surface area (Å²) in [5.74, 6) is 1.46. The average molecular weight is 342 g/mol. The molecule has 2 heterocycles. The number of ether oxygens (including phenoxy) is 1. The molecule has 0 saturated carbocycles. The number of nitrogens with zero attached hydrogens (tertiary/aromatic N) is 1. The summed E-state index contributed by atoms with van der Waals surface area (Å²) in [5.41, 5.74) is 1.38. The number of rotatable bonds is 6. The Labute approximate surface area is 146 Å². The third-order valence-electron chi connectivity index (χ3n) is 4.30. The SMILES string of the molecule is COc1cccc2c(C)c(C(=O)NC[C@@H](c3ccco3)N(C)C)oc12. The van der Waals surface area contributed by atoms with E-state index in [0.29, 0.717) is 23.6 Å². The van der Waals surface area contributed by atoms with E-state index < -0.39 is 0 Å². The summed E-state index contributed by atoms with van der Waals surface area (Å²) in [7, 11) is 5.46. The van der Waals surface area contributed by atoms with Crippen molar-refractivity contribution in [3.05, 3.63) is 53.7 Å². The quantitative estimate of drug-likeness (QED) is 0.744. The molecular weight excluding hydrogens is 320 g/mol. The fourth-order valence-corrected chi connectivity index (χ4v) is 2.88. The maximum absolute atomic E-state index is 12.6. The van der Waals surface area contributed by atoms with Crippen LogP contribution in [0.5, 0.6) is 5.75 Å². The molecule has 0 fully saturated rings. The van der Waals surface area contributed by atoms with Crippen LogP contribution in [0.1, 0.15) is 27.9 Å². The van der Waals surface area contributed by atoms with E-state index in [9.17, 15) is 4.79 Å². The number of nitrogens with one attached hydrogen (secondary N) is 1. The van der Waals surface area contributed by atoms with Crippen LogP contribution in [0.4, 0.5) is 0 Å². The van der Waals surface area contributed by atoms with E-state index in [0.717, 1.165) is 16.7 Å². The molecule has 1 atom stereocenters. The highest BCUT2D eigenvalue weighted by Crippen LogP contribution is 2.32. The zero-order valence-corrected chi connectivity index (χ0v) is 14.8. The topological polar surface area (TPSA) is 67.8 Å². The summed E-state index contributed by atoms with van der Waals surface area (Å²) >= 11 is 0. The lowest BCUT2D eigenvalue weighted by atomic mass is 10.1. The van der Waals surface area contributed by atoms with Gasteiger partial charge in [0.05, 0.1) is 19.4 Å². The van der Waals surface area contributed by atoms with Crippen LogP contribution in [0.25, 0.3) is 11.0 Å². The lowest BCUT2D eigenvalue weighted by Crippen LogP contribution is -2.34. The Hall–Kier alpha value is -2.73. The summed E-state index contributed by atoms with van der Waals surface area (Å²) < 4.78 is 16.6. The second-order valence-corrected chi connectivity index (χ2v) is 6.10. The molecule has 0 unspecified atom stereocenters. The van der Waals surface area contributed by atoms with Gasteiger partial charge in [-0.15, -0.1) is 0 Å². The summed E-state index contributed by atoms with van der Waals surface area (Å²) in [4.78, 5) is 14.6. The molecule has 1 aromatic carbocycles. The predicted molar refractivity (Wildman–Crippen MR) is 95.0 cm³/mol. The number of likely N-dealkylation sites (N-methyl/N-ethyl adjacent to an activating group) is 1. The van der Waals surface area contributed by atoms with Gasteiger partial charge in [-0.3, -0.25) is 9.69 Å². The Kier molecular flexibility index (Phi) is 4.81. The summed E-state index contributed by atoms with van der Waals surface area (Å²) in [6, 6.07) is 9.28. The smallest absolute Gasteiger partial charge is 0.287 e. The van der Waals surface area contributed by atoms with Crippen LogP contribution in [0, 0.1) is 6.92 Å². The van der Waals surface area contributed by atoms with Crippen molar-refractivity contribution in [3.63, 3.8) is 0 Å². The molecular formula is C19H22N2O4. The van der Waals surface area contributed by atoms with Crippen molar-refractivity contribution in [1.29, 1.82) is 0 Å². The van der Waals surface area contributed by atoms with Crippen LogP contribution in [0.3, 0.4) is 0 Å². The van der Waals surface area contributed by atoms with Crippen molar-refractivity contribution in [2.45, 2.75) is 13.0 Å². The third-order valence-corrected chi connectivity index (χ3v) is 4.30. The van der Waals surface area contributed by atoms with Gasteiger partial charge in [0.1, 0.15) is 5.76 Å². The van der Waals surface area contributed by atoms with Crippen molar-refractivity contribution < 1.29 is 18.4 Å². The first-order chi connectivity index (χ1) is 12.0. The van der Waals surface area contributed by atoms with Gasteiger partial charge in [0.25, 0.3) is 5.91 Å². The number of methoxy groups -OCH3 is 1. The lowest BCUT2D eigenvalue weighted by molar-refractivity contribution is 0.0912. The maximum atomic E-state index is 12.6. The number of carbonyl (C=O) groups excluding carboxylic acids is 1. The minimum absolute atomic E-state index is 0.0572. The fourth-order valence-electron chi connectivity index (χ4n) is 2.88. The van der Waals surface area contributed by atoms with E-state index in [2.05, 4.69) is 5.32 Å². The van der Waals surface area contributed by atoms with E-state index >= 15 is 0 Å². The zero-order valence-electron chi connectivity index (χ0n) is 14.8. The van der Waals surface area contributed by atoms with Crippen molar-refractivity contribution in [2.75, 3.05) is 27.7 Å². The van der Waals surface area contributed by atoms with E-state index in [1.165, 1.54) is 0 Å². The van der Waals surface area contributed by atoms with Gasteiger partial charge in [0.2, 0.25) is 0 Å². The first-order valence-corrected chi connectivity index (χ1v) is 8.07.